The van der Waals surface area contributed by atoms with Crippen LogP contribution < -0.4 is 4.18 Å². The molecule has 0 N–H and O–H groups in total. The summed E-state index contributed by atoms with van der Waals surface area (Å²) in [4.78, 5) is 26.7. The first-order valence-corrected chi connectivity index (χ1v) is 13.4. The maximum atomic E-state index is 14.3. The van der Waals surface area contributed by atoms with Gasteiger partial charge in [0, 0.05) is 6.54 Å². The van der Waals surface area contributed by atoms with Gasteiger partial charge in [0.2, 0.25) is 0 Å². The molecule has 4 rings (SSSR count). The summed E-state index contributed by atoms with van der Waals surface area (Å²) in [7, 11) is -4.37. The molecule has 10 heteroatoms. The van der Waals surface area contributed by atoms with Crippen LogP contribution in [-0.4, -0.2) is 31.3 Å². The van der Waals surface area contributed by atoms with Gasteiger partial charge in [0.25, 0.3) is 5.91 Å². The zero-order valence-corrected chi connectivity index (χ0v) is 22.1. The van der Waals surface area contributed by atoms with Crippen LogP contribution in [0.25, 0.3) is 0 Å². The average molecular weight is 552 g/mol. The Morgan fingerprint density at radius 1 is 0.872 bits per heavy atom. The zero-order valence-electron chi connectivity index (χ0n) is 21.2. The molecule has 0 unspecified atom stereocenters. The van der Waals surface area contributed by atoms with E-state index in [1.165, 1.54) is 65.8 Å². The highest BCUT2D eigenvalue weighted by molar-refractivity contribution is 7.87. The Kier molecular flexibility index (Phi) is 8.46. The molecule has 0 saturated heterocycles. The number of nitrogens with zero attached hydrogens (tertiary/aromatic N) is 1. The number of halogens is 1. The Bertz CT molecular complexity index is 1550. The molecule has 4 aromatic rings. The van der Waals surface area contributed by atoms with E-state index in [0.717, 1.165) is 0 Å². The van der Waals surface area contributed by atoms with Crippen LogP contribution in [0.3, 0.4) is 0 Å². The van der Waals surface area contributed by atoms with Gasteiger partial charge >= 0.3 is 16.1 Å². The Labute approximate surface area is 225 Å². The highest BCUT2D eigenvalue weighted by Gasteiger charge is 2.26. The minimum absolute atomic E-state index is 0.00351. The highest BCUT2D eigenvalue weighted by Crippen LogP contribution is 2.24. The normalized spacial score (nSPS) is 11.3. The second-order valence-corrected chi connectivity index (χ2v) is 10.4. The molecular formula is C29H26FNO7S. The molecule has 8 nitrogen and oxygen atoms in total. The molecule has 0 saturated carbocycles. The van der Waals surface area contributed by atoms with Gasteiger partial charge in [-0.3, -0.25) is 4.79 Å². The molecule has 1 aromatic heterocycles. The Balaban J connectivity index is 1.53. The largest absolute Gasteiger partial charge is 0.467 e. The smallest absolute Gasteiger partial charge is 0.340 e. The molecule has 0 radical (unpaired) electrons. The van der Waals surface area contributed by atoms with Crippen LogP contribution >= 0.6 is 0 Å². The molecule has 3 aromatic carbocycles. The summed E-state index contributed by atoms with van der Waals surface area (Å²) >= 11 is 0. The van der Waals surface area contributed by atoms with Crippen LogP contribution in [0.15, 0.2) is 101 Å². The molecular weight excluding hydrogens is 525 g/mol. The first-order chi connectivity index (χ1) is 18.6. The van der Waals surface area contributed by atoms with Crippen LogP contribution in [-0.2, 0) is 27.9 Å². The number of carbonyl (C=O) groups excluding carboxylic acids is 2. The fourth-order valence-corrected chi connectivity index (χ4v) is 4.89. The van der Waals surface area contributed by atoms with Crippen LogP contribution in [0.5, 0.6) is 5.75 Å². The third-order valence-electron chi connectivity index (χ3n) is 5.54. The Hall–Kier alpha value is -4.44. The molecule has 0 aliphatic carbocycles. The molecule has 0 atom stereocenters. The van der Waals surface area contributed by atoms with E-state index in [0.29, 0.717) is 11.3 Å². The number of amides is 1. The van der Waals surface area contributed by atoms with Gasteiger partial charge in [0.05, 0.1) is 30.0 Å². The second-order valence-electron chi connectivity index (χ2n) is 8.85. The van der Waals surface area contributed by atoms with Crippen molar-refractivity contribution in [3.05, 3.63) is 119 Å². The summed E-state index contributed by atoms with van der Waals surface area (Å²) in [6.07, 6.45) is 1.05. The standard InChI is InChI=1S/C29H26FNO7S/c1-20(2)37-29(33)25-10-4-6-12-27(25)39(34,35)38-22-15-13-21(14-16-22)18-31(19-23-8-7-17-36-23)28(32)24-9-3-5-11-26(24)30/h3-17,20H,18-19H2,1-2H3. The fraction of sp³-hybridized carbons (Fsp3) is 0.172. The van der Waals surface area contributed by atoms with Crippen LogP contribution in [0, 0.1) is 5.82 Å². The van der Waals surface area contributed by atoms with Gasteiger partial charge < -0.3 is 18.2 Å². The molecule has 202 valence electrons. The summed E-state index contributed by atoms with van der Waals surface area (Å²) in [5.74, 6) is -1.43. The van der Waals surface area contributed by atoms with E-state index in [2.05, 4.69) is 0 Å². The van der Waals surface area contributed by atoms with Crippen molar-refractivity contribution in [2.75, 3.05) is 0 Å². The van der Waals surface area contributed by atoms with Gasteiger partial charge in [-0.15, -0.1) is 0 Å². The van der Waals surface area contributed by atoms with E-state index < -0.39 is 33.9 Å². The predicted molar refractivity (Wildman–Crippen MR) is 140 cm³/mol. The van der Waals surface area contributed by atoms with E-state index in [1.54, 1.807) is 44.2 Å². The molecule has 39 heavy (non-hydrogen) atoms. The number of hydrogen-bond acceptors (Lipinski definition) is 7. The van der Waals surface area contributed by atoms with Crippen molar-refractivity contribution in [1.29, 1.82) is 0 Å². The quantitative estimate of drug-likeness (QED) is 0.187. The lowest BCUT2D eigenvalue weighted by Gasteiger charge is -2.22. The third kappa shape index (κ3) is 6.91. The summed E-state index contributed by atoms with van der Waals surface area (Å²) in [6.45, 7) is 3.50. The van der Waals surface area contributed by atoms with E-state index >= 15 is 0 Å². The van der Waals surface area contributed by atoms with Gasteiger partial charge in [0.1, 0.15) is 22.2 Å². The minimum atomic E-state index is -4.37. The topological polar surface area (TPSA) is 103 Å². The maximum Gasteiger partial charge on any atom is 0.340 e. The number of furan rings is 1. The SMILES string of the molecule is CC(C)OC(=O)c1ccccc1S(=O)(=O)Oc1ccc(CN(Cc2ccco2)C(=O)c2ccccc2F)cc1. The fourth-order valence-electron chi connectivity index (χ4n) is 3.77. The van der Waals surface area contributed by atoms with Gasteiger partial charge in [-0.1, -0.05) is 36.4 Å². The van der Waals surface area contributed by atoms with Gasteiger partial charge in [0.15, 0.2) is 0 Å². The monoisotopic (exact) mass is 551 g/mol. The van der Waals surface area contributed by atoms with Crippen molar-refractivity contribution in [3.63, 3.8) is 0 Å². The molecule has 0 fully saturated rings. The zero-order chi connectivity index (χ0) is 28.0. The highest BCUT2D eigenvalue weighted by atomic mass is 32.2. The average Bonchev–Trinajstić information content (AvgIpc) is 3.42. The summed E-state index contributed by atoms with van der Waals surface area (Å²) in [6, 6.07) is 20.8. The number of rotatable bonds is 10. The molecule has 0 bridgehead atoms. The molecule has 0 aliphatic rings. The Morgan fingerprint density at radius 3 is 2.18 bits per heavy atom. The van der Waals surface area contributed by atoms with Crippen molar-refractivity contribution in [1.82, 2.24) is 4.90 Å². The lowest BCUT2D eigenvalue weighted by atomic mass is 10.1. The van der Waals surface area contributed by atoms with Crippen molar-refractivity contribution < 1.29 is 35.7 Å². The third-order valence-corrected chi connectivity index (χ3v) is 6.85. The molecule has 1 amide bonds. The number of benzene rings is 3. The molecule has 0 aliphatic heterocycles. The number of ether oxygens (including phenoxy) is 1. The van der Waals surface area contributed by atoms with E-state index in [1.807, 2.05) is 0 Å². The minimum Gasteiger partial charge on any atom is -0.467 e. The predicted octanol–water partition coefficient (Wildman–Crippen LogP) is 5.59. The van der Waals surface area contributed by atoms with Crippen LogP contribution in [0.1, 0.15) is 45.9 Å². The van der Waals surface area contributed by atoms with E-state index in [9.17, 15) is 22.4 Å². The second kappa shape index (κ2) is 12.0. The molecule has 0 spiro atoms. The van der Waals surface area contributed by atoms with E-state index in [4.69, 9.17) is 13.3 Å². The Morgan fingerprint density at radius 2 is 1.54 bits per heavy atom. The van der Waals surface area contributed by atoms with Gasteiger partial charge in [-0.05, 0) is 67.9 Å². The van der Waals surface area contributed by atoms with Crippen LogP contribution in [0.4, 0.5) is 4.39 Å². The number of esters is 1. The van der Waals surface area contributed by atoms with Crippen molar-refractivity contribution >= 4 is 22.0 Å². The van der Waals surface area contributed by atoms with Crippen molar-refractivity contribution in [3.8, 4) is 5.75 Å². The summed E-state index contributed by atoms with van der Waals surface area (Å²) in [5, 5.41) is 0. The first-order valence-electron chi connectivity index (χ1n) is 12.0. The van der Waals surface area contributed by atoms with Crippen molar-refractivity contribution in [2.45, 2.75) is 37.9 Å². The summed E-state index contributed by atoms with van der Waals surface area (Å²) < 4.78 is 56.1. The molecule has 1 heterocycles. The number of hydrogen-bond donors (Lipinski definition) is 0. The maximum absolute atomic E-state index is 14.3. The first kappa shape index (κ1) is 27.6. The van der Waals surface area contributed by atoms with Gasteiger partial charge in [-0.2, -0.15) is 8.42 Å². The summed E-state index contributed by atoms with van der Waals surface area (Å²) in [5.41, 5.74) is 0.421. The van der Waals surface area contributed by atoms with E-state index in [-0.39, 0.29) is 34.9 Å². The lowest BCUT2D eigenvalue weighted by Crippen LogP contribution is -2.30. The van der Waals surface area contributed by atoms with Gasteiger partial charge in [-0.25, -0.2) is 9.18 Å². The lowest BCUT2D eigenvalue weighted by molar-refractivity contribution is 0.0372. The number of carbonyl (C=O) groups is 2. The van der Waals surface area contributed by atoms with Crippen LogP contribution in [0.2, 0.25) is 0 Å². The van der Waals surface area contributed by atoms with Crippen molar-refractivity contribution in [2.24, 2.45) is 0 Å².